The van der Waals surface area contributed by atoms with Crippen LogP contribution < -0.4 is 0 Å². The Morgan fingerprint density at radius 3 is 1.45 bits per heavy atom. The van der Waals surface area contributed by atoms with E-state index in [0.717, 1.165) is 0 Å². The molecule has 0 amide bonds. The molecule has 0 aliphatic carbocycles. The minimum absolute atomic E-state index is 0.0906. The molecule has 8 nitrogen and oxygen atoms in total. The van der Waals surface area contributed by atoms with Gasteiger partial charge in [0.05, 0.1) is 33.4 Å². The van der Waals surface area contributed by atoms with Crippen molar-refractivity contribution < 1.29 is 9.85 Å². The minimum Gasteiger partial charge on any atom is -0.258 e. The van der Waals surface area contributed by atoms with E-state index in [-0.39, 0.29) is 11.4 Å². The third-order valence-corrected chi connectivity index (χ3v) is 2.73. The van der Waals surface area contributed by atoms with Gasteiger partial charge in [0.2, 0.25) is 0 Å². The van der Waals surface area contributed by atoms with Crippen LogP contribution in [-0.4, -0.2) is 22.3 Å². The first kappa shape index (κ1) is 15.0. The summed E-state index contributed by atoms with van der Waals surface area (Å²) in [4.78, 5) is 20.6. The molecule has 0 aliphatic heterocycles. The molecule has 0 saturated heterocycles. The van der Waals surface area contributed by atoms with Gasteiger partial charge < -0.3 is 0 Å². The predicted molar refractivity (Wildman–Crippen MR) is 81.4 cm³/mol. The van der Waals surface area contributed by atoms with Crippen molar-refractivity contribution in [2.24, 2.45) is 10.2 Å². The van der Waals surface area contributed by atoms with E-state index in [1.54, 1.807) is 24.3 Å². The number of para-hydroxylation sites is 2. The number of hydrogen-bond donors (Lipinski definition) is 0. The summed E-state index contributed by atoms with van der Waals surface area (Å²) in [5.74, 6) is 0. The molecule has 0 fully saturated rings. The predicted octanol–water partition coefficient (Wildman–Crippen LogP) is 2.96. The Morgan fingerprint density at radius 1 is 0.727 bits per heavy atom. The SMILES string of the molecule is O=[N+]([O-])c1ccccc1/C=N\N=C/c1ccccc1[N+](=O)[O-]. The van der Waals surface area contributed by atoms with Gasteiger partial charge in [-0.15, -0.1) is 0 Å². The van der Waals surface area contributed by atoms with Crippen molar-refractivity contribution in [3.05, 3.63) is 79.9 Å². The van der Waals surface area contributed by atoms with Gasteiger partial charge in [0, 0.05) is 12.1 Å². The zero-order chi connectivity index (χ0) is 15.9. The first-order chi connectivity index (χ1) is 10.6. The molecule has 0 saturated carbocycles. The Labute approximate surface area is 124 Å². The van der Waals surface area contributed by atoms with Crippen LogP contribution in [0.1, 0.15) is 11.1 Å². The van der Waals surface area contributed by atoms with Gasteiger partial charge in [-0.25, -0.2) is 0 Å². The Bertz CT molecular complexity index is 705. The van der Waals surface area contributed by atoms with Crippen LogP contribution in [0.25, 0.3) is 0 Å². The summed E-state index contributed by atoms with van der Waals surface area (Å²) in [6.07, 6.45) is 2.45. The highest BCUT2D eigenvalue weighted by molar-refractivity contribution is 5.87. The van der Waals surface area contributed by atoms with Crippen LogP contribution in [-0.2, 0) is 0 Å². The molecule has 2 aromatic rings. The van der Waals surface area contributed by atoms with E-state index in [0.29, 0.717) is 11.1 Å². The molecule has 0 radical (unpaired) electrons. The number of rotatable bonds is 5. The van der Waals surface area contributed by atoms with Crippen molar-refractivity contribution in [2.45, 2.75) is 0 Å². The Hall–Kier alpha value is -3.42. The van der Waals surface area contributed by atoms with E-state index in [1.165, 1.54) is 36.7 Å². The van der Waals surface area contributed by atoms with Crippen LogP contribution in [0.2, 0.25) is 0 Å². The maximum absolute atomic E-state index is 10.8. The summed E-state index contributed by atoms with van der Waals surface area (Å²) in [5.41, 5.74) is 0.415. The fourth-order valence-corrected chi connectivity index (χ4v) is 1.72. The first-order valence-corrected chi connectivity index (χ1v) is 6.13. The molecule has 0 spiro atoms. The molecule has 2 rings (SSSR count). The summed E-state index contributed by atoms with van der Waals surface area (Å²) >= 11 is 0. The van der Waals surface area contributed by atoms with E-state index in [4.69, 9.17) is 0 Å². The van der Waals surface area contributed by atoms with Gasteiger partial charge in [0.25, 0.3) is 11.4 Å². The number of nitro benzene ring substituents is 2. The lowest BCUT2D eigenvalue weighted by Crippen LogP contribution is -1.94. The Balaban J connectivity index is 2.20. The van der Waals surface area contributed by atoms with Crippen molar-refractivity contribution in [2.75, 3.05) is 0 Å². The molecule has 0 aliphatic rings. The van der Waals surface area contributed by atoms with Gasteiger partial charge in [0.15, 0.2) is 0 Å². The van der Waals surface area contributed by atoms with E-state index >= 15 is 0 Å². The van der Waals surface area contributed by atoms with Crippen LogP contribution >= 0.6 is 0 Å². The Morgan fingerprint density at radius 2 is 1.09 bits per heavy atom. The smallest absolute Gasteiger partial charge is 0.258 e. The maximum atomic E-state index is 10.8. The number of hydrogen-bond acceptors (Lipinski definition) is 6. The van der Waals surface area contributed by atoms with Gasteiger partial charge in [-0.2, -0.15) is 10.2 Å². The summed E-state index contributed by atoms with van der Waals surface area (Å²) in [5, 5.41) is 29.0. The third kappa shape index (κ3) is 3.57. The van der Waals surface area contributed by atoms with Crippen molar-refractivity contribution in [1.82, 2.24) is 0 Å². The second-order valence-electron chi connectivity index (χ2n) is 4.12. The van der Waals surface area contributed by atoms with Crippen molar-refractivity contribution in [3.8, 4) is 0 Å². The topological polar surface area (TPSA) is 111 Å². The molecule has 0 heterocycles. The number of nitrogens with zero attached hydrogens (tertiary/aromatic N) is 4. The fourth-order valence-electron chi connectivity index (χ4n) is 1.72. The lowest BCUT2D eigenvalue weighted by molar-refractivity contribution is -0.385. The lowest BCUT2D eigenvalue weighted by atomic mass is 10.2. The van der Waals surface area contributed by atoms with Crippen LogP contribution in [0.5, 0.6) is 0 Å². The van der Waals surface area contributed by atoms with Crippen molar-refractivity contribution >= 4 is 23.8 Å². The van der Waals surface area contributed by atoms with Gasteiger partial charge in [-0.3, -0.25) is 20.2 Å². The van der Waals surface area contributed by atoms with E-state index in [2.05, 4.69) is 10.2 Å². The molecule has 0 aromatic heterocycles. The third-order valence-electron chi connectivity index (χ3n) is 2.73. The van der Waals surface area contributed by atoms with E-state index in [9.17, 15) is 20.2 Å². The number of benzene rings is 2. The van der Waals surface area contributed by atoms with Crippen LogP contribution in [0, 0.1) is 20.2 Å². The summed E-state index contributed by atoms with van der Waals surface area (Å²) in [6.45, 7) is 0. The van der Waals surface area contributed by atoms with Crippen LogP contribution in [0.3, 0.4) is 0 Å². The minimum atomic E-state index is -0.521. The average Bonchev–Trinajstić information content (AvgIpc) is 2.52. The van der Waals surface area contributed by atoms with Crippen LogP contribution in [0.15, 0.2) is 58.7 Å². The normalized spacial score (nSPS) is 11.1. The van der Waals surface area contributed by atoms with Gasteiger partial charge >= 0.3 is 0 Å². The molecule has 110 valence electrons. The second kappa shape index (κ2) is 6.84. The highest BCUT2D eigenvalue weighted by Gasteiger charge is 2.10. The lowest BCUT2D eigenvalue weighted by Gasteiger charge is -1.95. The first-order valence-electron chi connectivity index (χ1n) is 6.13. The quantitative estimate of drug-likeness (QED) is 0.480. The van der Waals surface area contributed by atoms with Crippen molar-refractivity contribution in [3.63, 3.8) is 0 Å². The average molecular weight is 298 g/mol. The molecule has 0 N–H and O–H groups in total. The van der Waals surface area contributed by atoms with E-state index in [1.807, 2.05) is 0 Å². The van der Waals surface area contributed by atoms with Crippen molar-refractivity contribution in [1.29, 1.82) is 0 Å². The summed E-state index contributed by atoms with van der Waals surface area (Å²) in [7, 11) is 0. The van der Waals surface area contributed by atoms with Gasteiger partial charge in [0.1, 0.15) is 0 Å². The highest BCUT2D eigenvalue weighted by atomic mass is 16.6. The molecular formula is C14H10N4O4. The molecule has 0 atom stereocenters. The van der Waals surface area contributed by atoms with Gasteiger partial charge in [-0.1, -0.05) is 24.3 Å². The molecule has 0 bridgehead atoms. The van der Waals surface area contributed by atoms with Gasteiger partial charge in [-0.05, 0) is 12.1 Å². The standard InChI is InChI=1S/C14H10N4O4/c19-17(20)13-7-3-1-5-11(13)9-15-16-10-12-6-2-4-8-14(12)18(21)22/h1-10H/b15-9-,16-10-. The molecule has 8 heteroatoms. The highest BCUT2D eigenvalue weighted by Crippen LogP contribution is 2.16. The maximum Gasteiger partial charge on any atom is 0.278 e. The zero-order valence-electron chi connectivity index (χ0n) is 11.2. The van der Waals surface area contributed by atoms with E-state index < -0.39 is 9.85 Å². The second-order valence-corrected chi connectivity index (χ2v) is 4.12. The molecular weight excluding hydrogens is 288 g/mol. The summed E-state index contributed by atoms with van der Waals surface area (Å²) < 4.78 is 0. The van der Waals surface area contributed by atoms with Crippen LogP contribution in [0.4, 0.5) is 11.4 Å². The molecule has 2 aromatic carbocycles. The molecule has 22 heavy (non-hydrogen) atoms. The molecule has 0 unspecified atom stereocenters. The summed E-state index contributed by atoms with van der Waals surface area (Å²) in [6, 6.07) is 12.1. The fraction of sp³-hybridized carbons (Fsp3) is 0. The Kier molecular flexibility index (Phi) is 4.66. The largest absolute Gasteiger partial charge is 0.278 e. The monoisotopic (exact) mass is 298 g/mol. The number of nitro groups is 2. The zero-order valence-corrected chi connectivity index (χ0v) is 11.2.